The lowest BCUT2D eigenvalue weighted by Crippen LogP contribution is -2.21. The fraction of sp³-hybridized carbons (Fsp3) is 0.294. The fourth-order valence-electron chi connectivity index (χ4n) is 2.27. The Morgan fingerprint density at radius 2 is 2.09 bits per heavy atom. The summed E-state index contributed by atoms with van der Waals surface area (Å²) < 4.78 is 5.07. The molecule has 122 valence electrons. The van der Waals surface area contributed by atoms with Crippen LogP contribution in [0.3, 0.4) is 0 Å². The molecule has 0 aliphatic rings. The van der Waals surface area contributed by atoms with Crippen LogP contribution in [0.15, 0.2) is 40.0 Å². The van der Waals surface area contributed by atoms with Crippen LogP contribution in [-0.2, 0) is 0 Å². The third-order valence-corrected chi connectivity index (χ3v) is 3.62. The minimum Gasteiger partial charge on any atom is -0.507 e. The quantitative estimate of drug-likeness (QED) is 0.634. The molecule has 1 heterocycles. The molecule has 23 heavy (non-hydrogen) atoms. The highest BCUT2D eigenvalue weighted by Gasteiger charge is 2.10. The van der Waals surface area contributed by atoms with Gasteiger partial charge in [0, 0.05) is 30.4 Å². The predicted molar refractivity (Wildman–Crippen MR) is 90.2 cm³/mol. The molecule has 0 aliphatic carbocycles. The van der Waals surface area contributed by atoms with Crippen LogP contribution in [-0.4, -0.2) is 30.3 Å². The summed E-state index contributed by atoms with van der Waals surface area (Å²) in [5.74, 6) is 0.294. The van der Waals surface area contributed by atoms with Gasteiger partial charge in [0.2, 0.25) is 0 Å². The highest BCUT2D eigenvalue weighted by Crippen LogP contribution is 2.23. The first-order chi connectivity index (χ1) is 11.1. The number of anilines is 1. The van der Waals surface area contributed by atoms with E-state index in [4.69, 9.17) is 4.42 Å². The lowest BCUT2D eigenvalue weighted by atomic mass is 10.2. The van der Waals surface area contributed by atoms with Gasteiger partial charge in [-0.2, -0.15) is 5.10 Å². The maximum atomic E-state index is 11.9. The van der Waals surface area contributed by atoms with Crippen molar-refractivity contribution in [2.24, 2.45) is 5.10 Å². The number of nitrogens with one attached hydrogen (secondary N) is 1. The highest BCUT2D eigenvalue weighted by atomic mass is 16.3. The summed E-state index contributed by atoms with van der Waals surface area (Å²) in [5, 5.41) is 14.0. The third-order valence-electron chi connectivity index (χ3n) is 3.62. The third kappa shape index (κ3) is 3.91. The van der Waals surface area contributed by atoms with Crippen molar-refractivity contribution in [3.8, 4) is 5.75 Å². The number of carbonyl (C=O) groups excluding carboxylic acids is 1. The van der Waals surface area contributed by atoms with Crippen LogP contribution in [0.1, 0.15) is 35.5 Å². The Morgan fingerprint density at radius 1 is 1.35 bits per heavy atom. The summed E-state index contributed by atoms with van der Waals surface area (Å²) >= 11 is 0. The van der Waals surface area contributed by atoms with Gasteiger partial charge in [-0.3, -0.25) is 4.79 Å². The molecule has 2 aromatic rings. The van der Waals surface area contributed by atoms with Crippen LogP contribution in [0.25, 0.3) is 0 Å². The number of phenolic OH excluding ortho intramolecular Hbond substituents is 1. The van der Waals surface area contributed by atoms with Crippen molar-refractivity contribution in [2.75, 3.05) is 18.0 Å². The van der Waals surface area contributed by atoms with Crippen molar-refractivity contribution >= 4 is 17.8 Å². The largest absolute Gasteiger partial charge is 0.507 e. The monoisotopic (exact) mass is 315 g/mol. The molecular weight excluding hydrogens is 294 g/mol. The van der Waals surface area contributed by atoms with E-state index in [-0.39, 0.29) is 11.7 Å². The number of nitrogens with zero attached hydrogens (tertiary/aromatic N) is 2. The van der Waals surface area contributed by atoms with Crippen molar-refractivity contribution in [1.82, 2.24) is 5.43 Å². The second kappa shape index (κ2) is 7.49. The molecule has 0 saturated heterocycles. The number of hydrogen-bond acceptors (Lipinski definition) is 5. The number of rotatable bonds is 6. The van der Waals surface area contributed by atoms with E-state index in [1.165, 1.54) is 12.5 Å². The van der Waals surface area contributed by atoms with E-state index in [1.807, 2.05) is 6.07 Å². The number of benzene rings is 1. The molecule has 6 heteroatoms. The summed E-state index contributed by atoms with van der Waals surface area (Å²) in [5.41, 5.74) is 4.32. The number of carbonyl (C=O) groups is 1. The molecular formula is C17H21N3O3. The number of phenols is 1. The second-order valence-corrected chi connectivity index (χ2v) is 5.00. The average Bonchev–Trinajstić information content (AvgIpc) is 2.96. The Labute approximate surface area is 135 Å². The Balaban J connectivity index is 2.05. The molecule has 0 atom stereocenters. The zero-order valence-corrected chi connectivity index (χ0v) is 13.5. The lowest BCUT2D eigenvalue weighted by Gasteiger charge is -2.21. The Kier molecular flexibility index (Phi) is 5.41. The van der Waals surface area contributed by atoms with Crippen molar-refractivity contribution < 1.29 is 14.3 Å². The first-order valence-corrected chi connectivity index (χ1v) is 7.52. The Morgan fingerprint density at radius 3 is 2.65 bits per heavy atom. The van der Waals surface area contributed by atoms with E-state index in [9.17, 15) is 9.90 Å². The molecule has 1 aromatic carbocycles. The van der Waals surface area contributed by atoms with Crippen LogP contribution in [0.2, 0.25) is 0 Å². The van der Waals surface area contributed by atoms with Gasteiger partial charge in [0.1, 0.15) is 11.5 Å². The lowest BCUT2D eigenvalue weighted by molar-refractivity contribution is 0.0953. The SMILES string of the molecule is CCN(CC)c1ccc(/C=N\NC(=O)c2ccoc2C)c(O)c1. The van der Waals surface area contributed by atoms with Gasteiger partial charge in [0.15, 0.2) is 0 Å². The Hall–Kier alpha value is -2.76. The molecule has 0 aliphatic heterocycles. The standard InChI is InChI=1S/C17H21N3O3/c1-4-20(5-2)14-7-6-13(16(21)10-14)11-18-19-17(22)15-8-9-23-12(15)3/h6-11,21H,4-5H2,1-3H3,(H,19,22)/b18-11-. The molecule has 0 unspecified atom stereocenters. The van der Waals surface area contributed by atoms with E-state index in [0.717, 1.165) is 18.8 Å². The van der Waals surface area contributed by atoms with Crippen LogP contribution < -0.4 is 10.3 Å². The topological polar surface area (TPSA) is 78.1 Å². The zero-order valence-electron chi connectivity index (χ0n) is 13.5. The molecule has 2 N–H and O–H groups in total. The van der Waals surface area contributed by atoms with E-state index in [0.29, 0.717) is 16.9 Å². The molecule has 1 amide bonds. The number of hydrogen-bond donors (Lipinski definition) is 2. The summed E-state index contributed by atoms with van der Waals surface area (Å²) in [7, 11) is 0. The fourth-order valence-corrected chi connectivity index (χ4v) is 2.27. The molecule has 2 rings (SSSR count). The van der Waals surface area contributed by atoms with Crippen molar-refractivity contribution in [3.05, 3.63) is 47.4 Å². The summed E-state index contributed by atoms with van der Waals surface area (Å²) in [6, 6.07) is 6.95. The molecule has 0 spiro atoms. The number of amides is 1. The van der Waals surface area contributed by atoms with Crippen LogP contribution in [0.5, 0.6) is 5.75 Å². The van der Waals surface area contributed by atoms with Gasteiger partial charge in [-0.25, -0.2) is 5.43 Å². The smallest absolute Gasteiger partial charge is 0.274 e. The van der Waals surface area contributed by atoms with Crippen LogP contribution in [0, 0.1) is 6.92 Å². The minimum absolute atomic E-state index is 0.117. The molecule has 1 aromatic heterocycles. The number of aromatic hydroxyl groups is 1. The van der Waals surface area contributed by atoms with Gasteiger partial charge in [0.05, 0.1) is 18.0 Å². The number of hydrazone groups is 1. The van der Waals surface area contributed by atoms with Crippen molar-refractivity contribution in [1.29, 1.82) is 0 Å². The molecule has 0 saturated carbocycles. The molecule has 6 nitrogen and oxygen atoms in total. The Bertz CT molecular complexity index is 703. The average molecular weight is 315 g/mol. The first kappa shape index (κ1) is 16.6. The second-order valence-electron chi connectivity index (χ2n) is 5.00. The van der Waals surface area contributed by atoms with Gasteiger partial charge >= 0.3 is 0 Å². The van der Waals surface area contributed by atoms with Gasteiger partial charge in [-0.05, 0) is 39.0 Å². The number of furan rings is 1. The van der Waals surface area contributed by atoms with Crippen LogP contribution in [0.4, 0.5) is 5.69 Å². The van der Waals surface area contributed by atoms with Gasteiger partial charge in [-0.15, -0.1) is 0 Å². The van der Waals surface area contributed by atoms with Gasteiger partial charge < -0.3 is 14.4 Å². The summed E-state index contributed by atoms with van der Waals surface area (Å²) in [4.78, 5) is 14.0. The first-order valence-electron chi connectivity index (χ1n) is 7.52. The van der Waals surface area contributed by atoms with E-state index < -0.39 is 0 Å². The molecule has 0 bridgehead atoms. The molecule has 0 radical (unpaired) electrons. The zero-order chi connectivity index (χ0) is 16.8. The van der Waals surface area contributed by atoms with E-state index >= 15 is 0 Å². The van der Waals surface area contributed by atoms with Gasteiger partial charge in [0.25, 0.3) is 5.91 Å². The van der Waals surface area contributed by atoms with Crippen molar-refractivity contribution in [3.63, 3.8) is 0 Å². The van der Waals surface area contributed by atoms with E-state index in [1.54, 1.807) is 25.1 Å². The molecule has 0 fully saturated rings. The van der Waals surface area contributed by atoms with Crippen LogP contribution >= 0.6 is 0 Å². The minimum atomic E-state index is -0.355. The van der Waals surface area contributed by atoms with Gasteiger partial charge in [-0.1, -0.05) is 0 Å². The predicted octanol–water partition coefficient (Wildman–Crippen LogP) is 2.90. The maximum absolute atomic E-state index is 11.9. The van der Waals surface area contributed by atoms with Crippen molar-refractivity contribution in [2.45, 2.75) is 20.8 Å². The normalized spacial score (nSPS) is 10.9. The summed E-state index contributed by atoms with van der Waals surface area (Å²) in [6.07, 6.45) is 2.86. The highest BCUT2D eigenvalue weighted by molar-refractivity contribution is 5.95. The van der Waals surface area contributed by atoms with E-state index in [2.05, 4.69) is 29.3 Å². The summed E-state index contributed by atoms with van der Waals surface area (Å²) in [6.45, 7) is 7.55. The number of aryl methyl sites for hydroxylation is 1. The maximum Gasteiger partial charge on any atom is 0.274 e.